The van der Waals surface area contributed by atoms with Crippen LogP contribution >= 0.6 is 0 Å². The van der Waals surface area contributed by atoms with E-state index in [-0.39, 0.29) is 45.1 Å². The molecule has 5 N–H and O–H groups in total. The normalized spacial score (nSPS) is 15.2. The standard InChI is InChI=1S/C27H52O9/c1-2-3-4-11-14-23(29)15-12-9-7-5-6-8-10-13-16-27(33)36-22-26(32)21-35-20-25(31)19-34-18-24(30)17-28/h9,12,23-26,28-32H,2-8,10-11,13-22H2,1H3/b12-9-/t23-,24?,25?,26?/m1/s1. The molecule has 214 valence electrons. The van der Waals surface area contributed by atoms with Crippen LogP contribution in [0.15, 0.2) is 12.2 Å². The Balaban J connectivity index is 3.52. The van der Waals surface area contributed by atoms with Gasteiger partial charge in [0.2, 0.25) is 0 Å². The van der Waals surface area contributed by atoms with Gasteiger partial charge >= 0.3 is 5.97 Å². The minimum absolute atomic E-state index is 0.0672. The number of aliphatic hydroxyl groups excluding tert-OH is 5. The van der Waals surface area contributed by atoms with Gasteiger partial charge in [-0.1, -0.05) is 64.0 Å². The predicted molar refractivity (Wildman–Crippen MR) is 139 cm³/mol. The zero-order valence-electron chi connectivity index (χ0n) is 22.3. The molecule has 0 aromatic carbocycles. The van der Waals surface area contributed by atoms with Crippen molar-refractivity contribution in [3.05, 3.63) is 12.2 Å². The molecule has 0 heterocycles. The molecule has 0 aliphatic carbocycles. The van der Waals surface area contributed by atoms with Crippen molar-refractivity contribution < 1.29 is 44.5 Å². The van der Waals surface area contributed by atoms with E-state index in [1.54, 1.807) is 0 Å². The van der Waals surface area contributed by atoms with Crippen molar-refractivity contribution in [1.82, 2.24) is 0 Å². The molecular formula is C27H52O9. The van der Waals surface area contributed by atoms with E-state index in [0.29, 0.717) is 6.42 Å². The summed E-state index contributed by atoms with van der Waals surface area (Å²) < 4.78 is 15.2. The monoisotopic (exact) mass is 520 g/mol. The molecule has 0 radical (unpaired) electrons. The molecule has 0 bridgehead atoms. The van der Waals surface area contributed by atoms with Gasteiger partial charge in [-0.05, 0) is 32.1 Å². The van der Waals surface area contributed by atoms with Crippen molar-refractivity contribution >= 4 is 5.97 Å². The van der Waals surface area contributed by atoms with E-state index in [1.807, 2.05) is 0 Å². The maximum absolute atomic E-state index is 11.8. The Bertz CT molecular complexity index is 515. The maximum Gasteiger partial charge on any atom is 0.305 e. The lowest BCUT2D eigenvalue weighted by Gasteiger charge is -2.15. The Labute approximate surface area is 217 Å². The number of allylic oxidation sites excluding steroid dienone is 1. The smallest absolute Gasteiger partial charge is 0.305 e. The van der Waals surface area contributed by atoms with Crippen LogP contribution < -0.4 is 0 Å². The zero-order valence-corrected chi connectivity index (χ0v) is 22.3. The Hall–Kier alpha value is -1.07. The van der Waals surface area contributed by atoms with Gasteiger partial charge in [0, 0.05) is 6.42 Å². The van der Waals surface area contributed by atoms with Gasteiger partial charge in [-0.3, -0.25) is 4.79 Å². The SMILES string of the molecule is CCCCCC[C@@H](O)C/C=C\CCCCCCCC(=O)OCC(O)COCC(O)COCC(O)CO. The van der Waals surface area contributed by atoms with Gasteiger partial charge in [-0.2, -0.15) is 0 Å². The largest absolute Gasteiger partial charge is 0.463 e. The van der Waals surface area contributed by atoms with Crippen LogP contribution in [0, 0.1) is 0 Å². The average Bonchev–Trinajstić information content (AvgIpc) is 2.86. The number of rotatable bonds is 26. The number of unbranched alkanes of at least 4 members (excludes halogenated alkanes) is 8. The third kappa shape index (κ3) is 24.6. The molecule has 36 heavy (non-hydrogen) atoms. The first-order valence-corrected chi connectivity index (χ1v) is 13.7. The number of aliphatic hydroxyl groups is 5. The summed E-state index contributed by atoms with van der Waals surface area (Å²) in [7, 11) is 0. The summed E-state index contributed by atoms with van der Waals surface area (Å²) in [5.74, 6) is -0.346. The first-order valence-electron chi connectivity index (χ1n) is 13.7. The van der Waals surface area contributed by atoms with Crippen molar-refractivity contribution in [2.24, 2.45) is 0 Å². The van der Waals surface area contributed by atoms with Crippen molar-refractivity contribution in [1.29, 1.82) is 0 Å². The third-order valence-corrected chi connectivity index (χ3v) is 5.61. The van der Waals surface area contributed by atoms with Gasteiger partial charge in [0.25, 0.3) is 0 Å². The van der Waals surface area contributed by atoms with E-state index in [0.717, 1.165) is 57.8 Å². The number of carbonyl (C=O) groups excluding carboxylic acids is 1. The average molecular weight is 521 g/mol. The first-order chi connectivity index (χ1) is 17.4. The van der Waals surface area contributed by atoms with E-state index in [9.17, 15) is 20.1 Å². The summed E-state index contributed by atoms with van der Waals surface area (Å²) in [5, 5.41) is 47.2. The van der Waals surface area contributed by atoms with Crippen LogP contribution in [-0.4, -0.2) is 95.6 Å². The lowest BCUT2D eigenvalue weighted by Crippen LogP contribution is -2.29. The fraction of sp³-hybridized carbons (Fsp3) is 0.889. The summed E-state index contributed by atoms with van der Waals surface area (Å²) in [6.07, 6.45) is 13.8. The molecule has 9 heteroatoms. The molecule has 3 unspecified atom stereocenters. The van der Waals surface area contributed by atoms with Crippen LogP contribution in [0.4, 0.5) is 0 Å². The maximum atomic E-state index is 11.8. The molecule has 0 aliphatic rings. The van der Waals surface area contributed by atoms with Gasteiger partial charge < -0.3 is 39.7 Å². The summed E-state index contributed by atoms with van der Waals surface area (Å²) in [6.45, 7) is 1.30. The van der Waals surface area contributed by atoms with E-state index >= 15 is 0 Å². The zero-order chi connectivity index (χ0) is 26.9. The van der Waals surface area contributed by atoms with Gasteiger partial charge in [-0.25, -0.2) is 0 Å². The third-order valence-electron chi connectivity index (χ3n) is 5.61. The number of esters is 1. The Morgan fingerprint density at radius 2 is 1.28 bits per heavy atom. The predicted octanol–water partition coefficient (Wildman–Crippen LogP) is 2.65. The molecule has 0 aromatic rings. The minimum Gasteiger partial charge on any atom is -0.463 e. The highest BCUT2D eigenvalue weighted by Gasteiger charge is 2.12. The van der Waals surface area contributed by atoms with Gasteiger partial charge in [-0.15, -0.1) is 0 Å². The Morgan fingerprint density at radius 3 is 1.94 bits per heavy atom. The summed E-state index contributed by atoms with van der Waals surface area (Å²) in [4.78, 5) is 11.8. The minimum atomic E-state index is -0.988. The molecular weight excluding hydrogens is 468 g/mol. The lowest BCUT2D eigenvalue weighted by molar-refractivity contribution is -0.148. The van der Waals surface area contributed by atoms with Crippen LogP contribution in [0.25, 0.3) is 0 Å². The Kier molecular flexibility index (Phi) is 24.8. The number of ether oxygens (including phenoxy) is 3. The summed E-state index contributed by atoms with van der Waals surface area (Å²) >= 11 is 0. The molecule has 0 aromatic heterocycles. The van der Waals surface area contributed by atoms with E-state index in [1.165, 1.54) is 19.3 Å². The summed E-state index contributed by atoms with van der Waals surface area (Å²) in [6, 6.07) is 0. The molecule has 0 fully saturated rings. The topological polar surface area (TPSA) is 146 Å². The van der Waals surface area contributed by atoms with Crippen molar-refractivity contribution in [3.63, 3.8) is 0 Å². The van der Waals surface area contributed by atoms with Crippen molar-refractivity contribution in [2.45, 2.75) is 115 Å². The van der Waals surface area contributed by atoms with Crippen LogP contribution in [0.5, 0.6) is 0 Å². The van der Waals surface area contributed by atoms with Crippen LogP contribution in [0.3, 0.4) is 0 Å². The molecule has 0 saturated heterocycles. The number of hydrogen-bond acceptors (Lipinski definition) is 9. The molecule has 0 rings (SSSR count). The molecule has 0 saturated carbocycles. The van der Waals surface area contributed by atoms with E-state index in [4.69, 9.17) is 24.4 Å². The number of hydrogen-bond donors (Lipinski definition) is 5. The highest BCUT2D eigenvalue weighted by molar-refractivity contribution is 5.69. The molecule has 0 amide bonds. The first kappa shape index (κ1) is 34.9. The summed E-state index contributed by atoms with van der Waals surface area (Å²) in [5.41, 5.74) is 0. The lowest BCUT2D eigenvalue weighted by atomic mass is 10.1. The molecule has 4 atom stereocenters. The van der Waals surface area contributed by atoms with E-state index < -0.39 is 24.9 Å². The van der Waals surface area contributed by atoms with Crippen LogP contribution in [0.2, 0.25) is 0 Å². The highest BCUT2D eigenvalue weighted by Crippen LogP contribution is 2.11. The van der Waals surface area contributed by atoms with Crippen molar-refractivity contribution in [2.75, 3.05) is 39.6 Å². The van der Waals surface area contributed by atoms with Crippen molar-refractivity contribution in [3.8, 4) is 0 Å². The van der Waals surface area contributed by atoms with Gasteiger partial charge in [0.15, 0.2) is 0 Å². The quantitative estimate of drug-likeness (QED) is 0.0660. The molecule has 0 aliphatic heterocycles. The second kappa shape index (κ2) is 25.6. The van der Waals surface area contributed by atoms with Gasteiger partial charge in [0.05, 0.1) is 39.1 Å². The van der Waals surface area contributed by atoms with Gasteiger partial charge in [0.1, 0.15) is 24.9 Å². The molecule has 9 nitrogen and oxygen atoms in total. The van der Waals surface area contributed by atoms with Crippen LogP contribution in [0.1, 0.15) is 90.4 Å². The number of carbonyl (C=O) groups is 1. The fourth-order valence-corrected chi connectivity index (χ4v) is 3.45. The second-order valence-electron chi connectivity index (χ2n) is 9.42. The molecule has 0 spiro atoms. The fourth-order valence-electron chi connectivity index (χ4n) is 3.45. The highest BCUT2D eigenvalue weighted by atomic mass is 16.6. The Morgan fingerprint density at radius 1 is 0.694 bits per heavy atom. The van der Waals surface area contributed by atoms with E-state index in [2.05, 4.69) is 19.1 Å². The van der Waals surface area contributed by atoms with Crippen LogP contribution in [-0.2, 0) is 19.0 Å². The second-order valence-corrected chi connectivity index (χ2v) is 9.42.